The van der Waals surface area contributed by atoms with E-state index >= 15 is 0 Å². The Labute approximate surface area is 68.1 Å². The topological polar surface area (TPSA) is 35.2 Å². The molecule has 0 aromatic rings. The lowest BCUT2D eigenvalue weighted by Crippen LogP contribution is -2.36. The van der Waals surface area contributed by atoms with Gasteiger partial charge in [-0.15, -0.1) is 0 Å². The smallest absolute Gasteiger partial charge is 0.0581 e. The number of ether oxygens (including phenoxy) is 1. The van der Waals surface area contributed by atoms with Crippen molar-refractivity contribution in [2.45, 2.75) is 31.8 Å². The zero-order valence-electron chi connectivity index (χ0n) is 6.96. The number of nitrogens with two attached hydrogens (primary N) is 1. The third-order valence-corrected chi connectivity index (χ3v) is 2.79. The summed E-state index contributed by atoms with van der Waals surface area (Å²) in [6.45, 7) is 1.87. The highest BCUT2D eigenvalue weighted by atomic mass is 16.5. The van der Waals surface area contributed by atoms with Crippen molar-refractivity contribution >= 4 is 0 Å². The van der Waals surface area contributed by atoms with E-state index in [4.69, 9.17) is 10.5 Å². The maximum atomic E-state index is 5.68. The molecule has 0 saturated heterocycles. The average Bonchev–Trinajstić information content (AvgIpc) is 2.68. The van der Waals surface area contributed by atoms with Crippen molar-refractivity contribution in [1.82, 2.24) is 0 Å². The first kappa shape index (κ1) is 7.56. The number of hydrogen-bond donors (Lipinski definition) is 1. The van der Waals surface area contributed by atoms with Gasteiger partial charge in [0.15, 0.2) is 0 Å². The standard InChI is InChI=1S/C9H17NO/c10-5-8-3-9(4-8)11-6-7-1-2-7/h7-9H,1-6,10H2. The van der Waals surface area contributed by atoms with Crippen LogP contribution < -0.4 is 5.73 Å². The molecule has 0 aromatic heterocycles. The zero-order chi connectivity index (χ0) is 7.68. The van der Waals surface area contributed by atoms with Crippen molar-refractivity contribution < 1.29 is 4.74 Å². The van der Waals surface area contributed by atoms with Crippen molar-refractivity contribution in [2.75, 3.05) is 13.2 Å². The van der Waals surface area contributed by atoms with Crippen LogP contribution in [0.1, 0.15) is 25.7 Å². The van der Waals surface area contributed by atoms with Crippen molar-refractivity contribution in [3.63, 3.8) is 0 Å². The molecular formula is C9H17NO. The summed E-state index contributed by atoms with van der Waals surface area (Å²) in [6.07, 6.45) is 5.77. The molecule has 0 aromatic carbocycles. The van der Waals surface area contributed by atoms with Gasteiger partial charge in [-0.25, -0.2) is 0 Å². The van der Waals surface area contributed by atoms with Crippen LogP contribution >= 0.6 is 0 Å². The van der Waals surface area contributed by atoms with E-state index in [1.54, 1.807) is 0 Å². The summed E-state index contributed by atoms with van der Waals surface area (Å²) in [5.74, 6) is 1.67. The van der Waals surface area contributed by atoms with Crippen LogP contribution in [0.5, 0.6) is 0 Å². The fourth-order valence-electron chi connectivity index (χ4n) is 1.56. The quantitative estimate of drug-likeness (QED) is 0.661. The van der Waals surface area contributed by atoms with Crippen LogP contribution in [0.15, 0.2) is 0 Å². The molecule has 2 aliphatic rings. The van der Waals surface area contributed by atoms with Gasteiger partial charge in [0.2, 0.25) is 0 Å². The van der Waals surface area contributed by atoms with E-state index in [0.29, 0.717) is 6.10 Å². The minimum atomic E-state index is 0.559. The van der Waals surface area contributed by atoms with Crippen LogP contribution in [0.2, 0.25) is 0 Å². The van der Waals surface area contributed by atoms with Gasteiger partial charge in [-0.1, -0.05) is 0 Å². The van der Waals surface area contributed by atoms with Gasteiger partial charge in [-0.2, -0.15) is 0 Å². The first-order valence-electron chi connectivity index (χ1n) is 4.70. The Morgan fingerprint density at radius 1 is 1.18 bits per heavy atom. The molecule has 0 aliphatic heterocycles. The minimum Gasteiger partial charge on any atom is -0.378 e. The number of hydrogen-bond acceptors (Lipinski definition) is 2. The lowest BCUT2D eigenvalue weighted by Gasteiger charge is -2.34. The summed E-state index contributed by atoms with van der Waals surface area (Å²) in [5.41, 5.74) is 5.51. The lowest BCUT2D eigenvalue weighted by atomic mass is 9.82. The van der Waals surface area contributed by atoms with Crippen molar-refractivity contribution in [2.24, 2.45) is 17.6 Å². The average molecular weight is 155 g/mol. The molecule has 0 heterocycles. The predicted molar refractivity (Wildman–Crippen MR) is 44.2 cm³/mol. The molecule has 2 nitrogen and oxygen atoms in total. The van der Waals surface area contributed by atoms with Gasteiger partial charge in [0.05, 0.1) is 6.10 Å². The fraction of sp³-hybridized carbons (Fsp3) is 1.00. The van der Waals surface area contributed by atoms with Gasteiger partial charge in [0.1, 0.15) is 0 Å². The van der Waals surface area contributed by atoms with E-state index in [0.717, 1.165) is 25.0 Å². The van der Waals surface area contributed by atoms with E-state index in [-0.39, 0.29) is 0 Å². The maximum absolute atomic E-state index is 5.68. The molecule has 2 rings (SSSR count). The van der Waals surface area contributed by atoms with Crippen LogP contribution in [0, 0.1) is 11.8 Å². The van der Waals surface area contributed by atoms with Crippen LogP contribution in [-0.4, -0.2) is 19.3 Å². The second kappa shape index (κ2) is 3.11. The molecule has 0 radical (unpaired) electrons. The van der Waals surface area contributed by atoms with Gasteiger partial charge >= 0.3 is 0 Å². The highest BCUT2D eigenvalue weighted by Crippen LogP contribution is 2.33. The molecule has 0 atom stereocenters. The van der Waals surface area contributed by atoms with E-state index < -0.39 is 0 Å². The van der Waals surface area contributed by atoms with E-state index in [1.165, 1.54) is 25.7 Å². The maximum Gasteiger partial charge on any atom is 0.0581 e. The second-order valence-corrected chi connectivity index (χ2v) is 3.97. The van der Waals surface area contributed by atoms with Crippen LogP contribution in [0.25, 0.3) is 0 Å². The highest BCUT2D eigenvalue weighted by Gasteiger charge is 2.30. The molecule has 0 amide bonds. The predicted octanol–water partition coefficient (Wildman–Crippen LogP) is 1.15. The first-order valence-corrected chi connectivity index (χ1v) is 4.70. The molecule has 2 heteroatoms. The van der Waals surface area contributed by atoms with Crippen LogP contribution in [0.3, 0.4) is 0 Å². The minimum absolute atomic E-state index is 0.559. The molecule has 2 N–H and O–H groups in total. The van der Waals surface area contributed by atoms with E-state index in [2.05, 4.69) is 0 Å². The summed E-state index contributed by atoms with van der Waals surface area (Å²) in [5, 5.41) is 0. The number of rotatable bonds is 4. The van der Waals surface area contributed by atoms with Gasteiger partial charge in [-0.3, -0.25) is 0 Å². The molecular weight excluding hydrogens is 138 g/mol. The normalized spacial score (nSPS) is 36.8. The SMILES string of the molecule is NCC1CC(OCC2CC2)C1. The lowest BCUT2D eigenvalue weighted by molar-refractivity contribution is -0.0323. The third-order valence-electron chi connectivity index (χ3n) is 2.79. The third kappa shape index (κ3) is 1.94. The Bertz CT molecular complexity index is 128. The van der Waals surface area contributed by atoms with Crippen molar-refractivity contribution in [1.29, 1.82) is 0 Å². The molecule has 64 valence electrons. The Balaban J connectivity index is 1.52. The molecule has 11 heavy (non-hydrogen) atoms. The van der Waals surface area contributed by atoms with Crippen molar-refractivity contribution in [3.8, 4) is 0 Å². The van der Waals surface area contributed by atoms with Crippen LogP contribution in [-0.2, 0) is 4.74 Å². The monoisotopic (exact) mass is 155 g/mol. The molecule has 0 bridgehead atoms. The van der Waals surface area contributed by atoms with Gasteiger partial charge in [0, 0.05) is 6.61 Å². The molecule has 2 saturated carbocycles. The fourth-order valence-corrected chi connectivity index (χ4v) is 1.56. The summed E-state index contributed by atoms with van der Waals surface area (Å²) < 4.78 is 5.68. The Morgan fingerprint density at radius 2 is 1.91 bits per heavy atom. The Kier molecular flexibility index (Phi) is 2.14. The van der Waals surface area contributed by atoms with Gasteiger partial charge in [0.25, 0.3) is 0 Å². The largest absolute Gasteiger partial charge is 0.378 e. The first-order chi connectivity index (χ1) is 5.38. The molecule has 2 aliphatic carbocycles. The summed E-state index contributed by atoms with van der Waals surface area (Å²) >= 11 is 0. The summed E-state index contributed by atoms with van der Waals surface area (Å²) in [4.78, 5) is 0. The Hall–Kier alpha value is -0.0800. The van der Waals surface area contributed by atoms with Gasteiger partial charge < -0.3 is 10.5 Å². The summed E-state index contributed by atoms with van der Waals surface area (Å²) in [6, 6.07) is 0. The molecule has 0 spiro atoms. The van der Waals surface area contributed by atoms with E-state index in [1.807, 2.05) is 0 Å². The summed E-state index contributed by atoms with van der Waals surface area (Å²) in [7, 11) is 0. The van der Waals surface area contributed by atoms with Gasteiger partial charge in [-0.05, 0) is 44.1 Å². The highest BCUT2D eigenvalue weighted by molar-refractivity contribution is 4.82. The second-order valence-electron chi connectivity index (χ2n) is 3.97. The molecule has 0 unspecified atom stereocenters. The zero-order valence-corrected chi connectivity index (χ0v) is 6.96. The van der Waals surface area contributed by atoms with Crippen molar-refractivity contribution in [3.05, 3.63) is 0 Å². The van der Waals surface area contributed by atoms with Crippen LogP contribution in [0.4, 0.5) is 0 Å². The van der Waals surface area contributed by atoms with E-state index in [9.17, 15) is 0 Å². The molecule has 2 fully saturated rings. The Morgan fingerprint density at radius 3 is 2.45 bits per heavy atom.